The lowest BCUT2D eigenvalue weighted by Crippen LogP contribution is -2.07. The number of nitrogens with one attached hydrogen (secondary N) is 1. The molecule has 1 aromatic rings. The van der Waals surface area contributed by atoms with Crippen LogP contribution in [0.25, 0.3) is 0 Å². The van der Waals surface area contributed by atoms with Gasteiger partial charge in [0.05, 0.1) is 7.11 Å². The van der Waals surface area contributed by atoms with Crippen LogP contribution in [0.1, 0.15) is 13.3 Å². The number of ether oxygens (including phenoxy) is 1. The fourth-order valence-corrected chi connectivity index (χ4v) is 1.40. The highest BCUT2D eigenvalue weighted by atomic mass is 19.2. The van der Waals surface area contributed by atoms with Gasteiger partial charge in [0, 0.05) is 23.9 Å². The standard InChI is InChI=1S/C13H15F2NO2/c1-3-9(13(17)18-2)6-7-16-10-4-5-11(14)12(15)8-10/h4-6,8,16H,3,7H2,1-2H3/b9-6-. The third kappa shape index (κ3) is 3.84. The lowest BCUT2D eigenvalue weighted by molar-refractivity contribution is -0.136. The van der Waals surface area contributed by atoms with Crippen LogP contribution in [0.5, 0.6) is 0 Å². The smallest absolute Gasteiger partial charge is 0.333 e. The number of anilines is 1. The number of hydrogen-bond donors (Lipinski definition) is 1. The third-order valence-corrected chi connectivity index (χ3v) is 2.40. The number of benzene rings is 1. The molecule has 3 nitrogen and oxygen atoms in total. The van der Waals surface area contributed by atoms with E-state index in [0.717, 1.165) is 12.1 Å². The Morgan fingerprint density at radius 1 is 1.39 bits per heavy atom. The van der Waals surface area contributed by atoms with Gasteiger partial charge >= 0.3 is 5.97 Å². The molecule has 1 N–H and O–H groups in total. The lowest BCUT2D eigenvalue weighted by atomic mass is 10.2. The van der Waals surface area contributed by atoms with E-state index >= 15 is 0 Å². The first-order valence-electron chi connectivity index (χ1n) is 5.54. The maximum Gasteiger partial charge on any atom is 0.333 e. The van der Waals surface area contributed by atoms with Gasteiger partial charge < -0.3 is 10.1 Å². The van der Waals surface area contributed by atoms with Crippen molar-refractivity contribution in [3.8, 4) is 0 Å². The summed E-state index contributed by atoms with van der Waals surface area (Å²) in [4.78, 5) is 11.3. The molecule has 0 aliphatic carbocycles. The van der Waals surface area contributed by atoms with E-state index in [-0.39, 0.29) is 5.97 Å². The molecule has 5 heteroatoms. The van der Waals surface area contributed by atoms with Gasteiger partial charge in [-0.2, -0.15) is 0 Å². The first-order valence-corrected chi connectivity index (χ1v) is 5.54. The van der Waals surface area contributed by atoms with Crippen LogP contribution in [0, 0.1) is 11.6 Å². The Bertz CT molecular complexity index is 458. The molecule has 0 unspecified atom stereocenters. The summed E-state index contributed by atoms with van der Waals surface area (Å²) in [5.74, 6) is -2.18. The van der Waals surface area contributed by atoms with Gasteiger partial charge in [0.2, 0.25) is 0 Å². The van der Waals surface area contributed by atoms with Crippen LogP contribution in [-0.2, 0) is 9.53 Å². The topological polar surface area (TPSA) is 38.3 Å². The minimum Gasteiger partial charge on any atom is -0.466 e. The molecule has 0 saturated heterocycles. The van der Waals surface area contributed by atoms with Crippen molar-refractivity contribution in [1.29, 1.82) is 0 Å². The number of esters is 1. The summed E-state index contributed by atoms with van der Waals surface area (Å²) in [6.45, 7) is 2.17. The third-order valence-electron chi connectivity index (χ3n) is 2.40. The zero-order chi connectivity index (χ0) is 13.5. The average Bonchev–Trinajstić information content (AvgIpc) is 2.38. The van der Waals surface area contributed by atoms with Crippen LogP contribution >= 0.6 is 0 Å². The molecule has 0 spiro atoms. The largest absolute Gasteiger partial charge is 0.466 e. The first-order chi connectivity index (χ1) is 8.58. The van der Waals surface area contributed by atoms with Crippen LogP contribution in [-0.4, -0.2) is 19.6 Å². The highest BCUT2D eigenvalue weighted by molar-refractivity contribution is 5.88. The molecule has 0 aliphatic rings. The van der Waals surface area contributed by atoms with E-state index in [0.29, 0.717) is 24.2 Å². The summed E-state index contributed by atoms with van der Waals surface area (Å²) in [6.07, 6.45) is 2.21. The van der Waals surface area contributed by atoms with E-state index in [9.17, 15) is 13.6 Å². The molecular formula is C13H15F2NO2. The van der Waals surface area contributed by atoms with E-state index in [4.69, 9.17) is 0 Å². The SMILES string of the molecule is CC/C(=C/CNc1ccc(F)c(F)c1)C(=O)OC. The Balaban J connectivity index is 2.62. The molecule has 18 heavy (non-hydrogen) atoms. The van der Waals surface area contributed by atoms with Gasteiger partial charge in [0.1, 0.15) is 0 Å². The molecular weight excluding hydrogens is 240 g/mol. The second kappa shape index (κ2) is 6.74. The van der Waals surface area contributed by atoms with E-state index in [1.807, 2.05) is 6.92 Å². The second-order valence-corrected chi connectivity index (χ2v) is 3.58. The number of rotatable bonds is 5. The summed E-state index contributed by atoms with van der Waals surface area (Å²) in [6, 6.07) is 3.53. The second-order valence-electron chi connectivity index (χ2n) is 3.58. The fraction of sp³-hybridized carbons (Fsp3) is 0.308. The van der Waals surface area contributed by atoms with E-state index < -0.39 is 11.6 Å². The molecule has 98 valence electrons. The zero-order valence-corrected chi connectivity index (χ0v) is 10.3. The van der Waals surface area contributed by atoms with Crippen molar-refractivity contribution in [3.63, 3.8) is 0 Å². The lowest BCUT2D eigenvalue weighted by Gasteiger charge is -2.06. The number of carbonyl (C=O) groups is 1. The predicted octanol–water partition coefficient (Wildman–Crippen LogP) is 2.89. The zero-order valence-electron chi connectivity index (χ0n) is 10.3. The Morgan fingerprint density at radius 3 is 2.67 bits per heavy atom. The van der Waals surface area contributed by atoms with E-state index in [1.165, 1.54) is 13.2 Å². The Hall–Kier alpha value is -1.91. The molecule has 0 aliphatic heterocycles. The predicted molar refractivity (Wildman–Crippen MR) is 65.2 cm³/mol. The monoisotopic (exact) mass is 255 g/mol. The molecule has 0 atom stereocenters. The van der Waals surface area contributed by atoms with Crippen molar-refractivity contribution >= 4 is 11.7 Å². The van der Waals surface area contributed by atoms with Crippen molar-refractivity contribution in [2.45, 2.75) is 13.3 Å². The van der Waals surface area contributed by atoms with E-state index in [1.54, 1.807) is 6.08 Å². The van der Waals surface area contributed by atoms with Crippen molar-refractivity contribution < 1.29 is 18.3 Å². The molecule has 0 heterocycles. The van der Waals surface area contributed by atoms with Gasteiger partial charge in [-0.25, -0.2) is 13.6 Å². The minimum atomic E-state index is -0.910. The maximum absolute atomic E-state index is 12.9. The Kier molecular flexibility index (Phi) is 5.30. The summed E-state index contributed by atoms with van der Waals surface area (Å²) >= 11 is 0. The number of halogens is 2. The molecule has 0 amide bonds. The van der Waals surface area contributed by atoms with Gasteiger partial charge in [-0.3, -0.25) is 0 Å². The molecule has 0 bridgehead atoms. The number of hydrogen-bond acceptors (Lipinski definition) is 3. The average molecular weight is 255 g/mol. The molecule has 0 radical (unpaired) electrons. The number of carbonyl (C=O) groups excluding carboxylic acids is 1. The van der Waals surface area contributed by atoms with Crippen molar-refractivity contribution in [2.75, 3.05) is 19.0 Å². The van der Waals surface area contributed by atoms with Crippen LogP contribution in [0.2, 0.25) is 0 Å². The Labute approximate surface area is 104 Å². The van der Waals surface area contributed by atoms with Crippen LogP contribution in [0.3, 0.4) is 0 Å². The van der Waals surface area contributed by atoms with Crippen LogP contribution in [0.4, 0.5) is 14.5 Å². The normalized spacial score (nSPS) is 11.2. The fourth-order valence-electron chi connectivity index (χ4n) is 1.40. The summed E-state index contributed by atoms with van der Waals surface area (Å²) in [5.41, 5.74) is 0.984. The van der Waals surface area contributed by atoms with Crippen molar-refractivity contribution in [3.05, 3.63) is 41.5 Å². The first kappa shape index (κ1) is 14.2. The van der Waals surface area contributed by atoms with Gasteiger partial charge in [0.25, 0.3) is 0 Å². The quantitative estimate of drug-likeness (QED) is 0.649. The van der Waals surface area contributed by atoms with Gasteiger partial charge in [-0.1, -0.05) is 13.0 Å². The number of methoxy groups -OCH3 is 1. The molecule has 0 saturated carbocycles. The van der Waals surface area contributed by atoms with Crippen LogP contribution < -0.4 is 5.32 Å². The molecule has 0 aromatic heterocycles. The van der Waals surface area contributed by atoms with Crippen molar-refractivity contribution in [1.82, 2.24) is 0 Å². The van der Waals surface area contributed by atoms with Gasteiger partial charge in [-0.15, -0.1) is 0 Å². The van der Waals surface area contributed by atoms with Gasteiger partial charge in [0.15, 0.2) is 11.6 Å². The molecule has 1 rings (SSSR count). The van der Waals surface area contributed by atoms with Crippen LogP contribution in [0.15, 0.2) is 29.8 Å². The van der Waals surface area contributed by atoms with E-state index in [2.05, 4.69) is 10.1 Å². The molecule has 1 aromatic carbocycles. The maximum atomic E-state index is 12.9. The minimum absolute atomic E-state index is 0.337. The summed E-state index contributed by atoms with van der Waals surface area (Å²) < 4.78 is 30.2. The molecule has 0 fully saturated rings. The highest BCUT2D eigenvalue weighted by Gasteiger charge is 2.06. The van der Waals surface area contributed by atoms with Crippen molar-refractivity contribution in [2.24, 2.45) is 0 Å². The highest BCUT2D eigenvalue weighted by Crippen LogP contribution is 2.13. The summed E-state index contributed by atoms with van der Waals surface area (Å²) in [5, 5.41) is 2.87. The Morgan fingerprint density at radius 2 is 2.11 bits per heavy atom. The summed E-state index contributed by atoms with van der Waals surface area (Å²) in [7, 11) is 1.31. The van der Waals surface area contributed by atoms with Gasteiger partial charge in [-0.05, 0) is 18.6 Å².